The standard InChI is InChI=1S/C22H32O3/c1-13-11-16-18-6-5-17(14(2)23)20(18,3)9-8-19(16)21(4)10-7-15(24)12-22(13,21)25/h8,13,16-18,25H,5-7,9-12H2,1-4H3/t13-,16-,17+,18-,20+,21+,22-/m0/s1. The van der Waals surface area contributed by atoms with Crippen molar-refractivity contribution in [2.45, 2.75) is 78.2 Å². The average Bonchev–Trinajstić information content (AvgIpc) is 2.88. The lowest BCUT2D eigenvalue weighted by Gasteiger charge is -2.61. The van der Waals surface area contributed by atoms with E-state index in [4.69, 9.17) is 0 Å². The first-order chi connectivity index (χ1) is 11.6. The normalized spacial score (nSPS) is 52.0. The van der Waals surface area contributed by atoms with Crippen LogP contribution in [-0.4, -0.2) is 22.3 Å². The summed E-state index contributed by atoms with van der Waals surface area (Å²) in [6.07, 6.45) is 8.09. The summed E-state index contributed by atoms with van der Waals surface area (Å²) in [5.41, 5.74) is 0.318. The Morgan fingerprint density at radius 3 is 2.68 bits per heavy atom. The molecule has 25 heavy (non-hydrogen) atoms. The van der Waals surface area contributed by atoms with Crippen molar-refractivity contribution in [3.63, 3.8) is 0 Å². The number of fused-ring (bicyclic) bond motifs is 5. The zero-order chi connectivity index (χ0) is 18.2. The van der Waals surface area contributed by atoms with Crippen molar-refractivity contribution in [3.8, 4) is 0 Å². The molecule has 4 aliphatic carbocycles. The largest absolute Gasteiger partial charge is 0.388 e. The zero-order valence-corrected chi connectivity index (χ0v) is 16.1. The number of Topliss-reactive ketones (excluding diaryl/α,β-unsaturated/α-hetero) is 2. The Morgan fingerprint density at radius 1 is 1.28 bits per heavy atom. The highest BCUT2D eigenvalue weighted by atomic mass is 16.3. The maximum Gasteiger partial charge on any atom is 0.135 e. The summed E-state index contributed by atoms with van der Waals surface area (Å²) in [6, 6.07) is 0. The summed E-state index contributed by atoms with van der Waals surface area (Å²) in [5.74, 6) is 1.88. The predicted octanol–water partition coefficient (Wildman–Crippen LogP) is 4.08. The maximum atomic E-state index is 12.2. The molecule has 7 atom stereocenters. The van der Waals surface area contributed by atoms with Crippen LogP contribution in [0.15, 0.2) is 11.6 Å². The monoisotopic (exact) mass is 344 g/mol. The second-order valence-electron chi connectivity index (χ2n) is 9.93. The van der Waals surface area contributed by atoms with Crippen molar-refractivity contribution in [1.82, 2.24) is 0 Å². The van der Waals surface area contributed by atoms with Crippen LogP contribution in [0.5, 0.6) is 0 Å². The van der Waals surface area contributed by atoms with Crippen LogP contribution in [-0.2, 0) is 9.59 Å². The van der Waals surface area contributed by atoms with Crippen LogP contribution in [0.25, 0.3) is 0 Å². The molecular weight excluding hydrogens is 312 g/mol. The smallest absolute Gasteiger partial charge is 0.135 e. The predicted molar refractivity (Wildman–Crippen MR) is 96.9 cm³/mol. The number of carbonyl (C=O) groups is 2. The molecule has 0 bridgehead atoms. The van der Waals surface area contributed by atoms with E-state index in [0.717, 1.165) is 32.1 Å². The van der Waals surface area contributed by atoms with Gasteiger partial charge in [0.1, 0.15) is 11.6 Å². The van der Waals surface area contributed by atoms with Gasteiger partial charge in [0.25, 0.3) is 0 Å². The molecule has 3 nitrogen and oxygen atoms in total. The lowest BCUT2D eigenvalue weighted by Crippen LogP contribution is -2.62. The Balaban J connectivity index is 1.77. The van der Waals surface area contributed by atoms with Gasteiger partial charge < -0.3 is 5.11 Å². The number of hydrogen-bond donors (Lipinski definition) is 1. The van der Waals surface area contributed by atoms with Gasteiger partial charge in [0.2, 0.25) is 0 Å². The van der Waals surface area contributed by atoms with Gasteiger partial charge in [-0.15, -0.1) is 0 Å². The van der Waals surface area contributed by atoms with E-state index in [9.17, 15) is 14.7 Å². The van der Waals surface area contributed by atoms with Crippen LogP contribution in [0.4, 0.5) is 0 Å². The highest BCUT2D eigenvalue weighted by Gasteiger charge is 2.64. The molecule has 138 valence electrons. The molecular formula is C22H32O3. The van der Waals surface area contributed by atoms with Gasteiger partial charge in [-0.05, 0) is 62.2 Å². The first-order valence-corrected chi connectivity index (χ1v) is 10.1. The molecule has 4 aliphatic rings. The van der Waals surface area contributed by atoms with Gasteiger partial charge in [-0.1, -0.05) is 32.4 Å². The molecule has 4 rings (SSSR count). The van der Waals surface area contributed by atoms with Crippen molar-refractivity contribution in [2.24, 2.45) is 34.5 Å². The molecule has 0 aromatic heterocycles. The van der Waals surface area contributed by atoms with Gasteiger partial charge in [-0.3, -0.25) is 9.59 Å². The van der Waals surface area contributed by atoms with Gasteiger partial charge in [-0.25, -0.2) is 0 Å². The van der Waals surface area contributed by atoms with E-state index >= 15 is 0 Å². The minimum absolute atomic E-state index is 0.0794. The third-order valence-corrected chi connectivity index (χ3v) is 8.93. The second kappa shape index (κ2) is 5.28. The molecule has 3 saturated carbocycles. The number of aliphatic hydroxyl groups is 1. The summed E-state index contributed by atoms with van der Waals surface area (Å²) in [5, 5.41) is 11.6. The number of ketones is 2. The summed E-state index contributed by atoms with van der Waals surface area (Å²) in [6.45, 7) is 8.42. The minimum atomic E-state index is -0.892. The molecule has 0 amide bonds. The lowest BCUT2D eigenvalue weighted by atomic mass is 9.45. The molecule has 0 radical (unpaired) electrons. The van der Waals surface area contributed by atoms with Crippen LogP contribution < -0.4 is 0 Å². The first kappa shape index (κ1) is 17.5. The summed E-state index contributed by atoms with van der Waals surface area (Å²) in [7, 11) is 0. The Morgan fingerprint density at radius 2 is 2.00 bits per heavy atom. The molecule has 1 N–H and O–H groups in total. The number of carbonyl (C=O) groups excluding carboxylic acids is 2. The van der Waals surface area contributed by atoms with E-state index in [0.29, 0.717) is 30.5 Å². The van der Waals surface area contributed by atoms with Crippen molar-refractivity contribution in [3.05, 3.63) is 11.6 Å². The average molecular weight is 344 g/mol. The van der Waals surface area contributed by atoms with E-state index < -0.39 is 5.60 Å². The fourth-order valence-corrected chi connectivity index (χ4v) is 7.39. The van der Waals surface area contributed by atoms with Crippen LogP contribution in [0.1, 0.15) is 72.6 Å². The molecule has 0 saturated heterocycles. The molecule has 0 spiro atoms. The summed E-state index contributed by atoms with van der Waals surface area (Å²) >= 11 is 0. The van der Waals surface area contributed by atoms with Crippen molar-refractivity contribution >= 4 is 11.6 Å². The summed E-state index contributed by atoms with van der Waals surface area (Å²) < 4.78 is 0. The van der Waals surface area contributed by atoms with Gasteiger partial charge in [-0.2, -0.15) is 0 Å². The molecule has 0 aliphatic heterocycles. The molecule has 0 aromatic carbocycles. The maximum absolute atomic E-state index is 12.2. The fourth-order valence-electron chi connectivity index (χ4n) is 7.39. The highest BCUT2D eigenvalue weighted by Crippen LogP contribution is 2.67. The molecule has 3 fully saturated rings. The third-order valence-electron chi connectivity index (χ3n) is 8.93. The SMILES string of the molecule is CC(=O)[C@H]1CC[C@H]2[C@@H]3C[C@H](C)[C@@]4(O)CC(=O)CC[C@]4(C)C3=CC[C@]12C. The Labute approximate surface area is 151 Å². The van der Waals surface area contributed by atoms with E-state index in [-0.39, 0.29) is 28.4 Å². The Bertz CT molecular complexity index is 664. The van der Waals surface area contributed by atoms with E-state index in [1.807, 2.05) is 0 Å². The topological polar surface area (TPSA) is 54.4 Å². The van der Waals surface area contributed by atoms with Crippen LogP contribution in [0.3, 0.4) is 0 Å². The number of hydrogen-bond acceptors (Lipinski definition) is 3. The van der Waals surface area contributed by atoms with E-state index in [1.165, 1.54) is 5.57 Å². The van der Waals surface area contributed by atoms with Gasteiger partial charge >= 0.3 is 0 Å². The Hall–Kier alpha value is -0.960. The molecule has 0 aromatic rings. The highest BCUT2D eigenvalue weighted by molar-refractivity contribution is 5.81. The summed E-state index contributed by atoms with van der Waals surface area (Å²) in [4.78, 5) is 24.3. The van der Waals surface area contributed by atoms with Crippen LogP contribution in [0.2, 0.25) is 0 Å². The molecule has 0 unspecified atom stereocenters. The van der Waals surface area contributed by atoms with E-state index in [1.54, 1.807) is 6.92 Å². The van der Waals surface area contributed by atoms with Crippen molar-refractivity contribution in [1.29, 1.82) is 0 Å². The first-order valence-electron chi connectivity index (χ1n) is 10.1. The van der Waals surface area contributed by atoms with Crippen molar-refractivity contribution in [2.75, 3.05) is 0 Å². The molecule has 3 heteroatoms. The number of allylic oxidation sites excluding steroid dienone is 1. The quantitative estimate of drug-likeness (QED) is 0.729. The van der Waals surface area contributed by atoms with Gasteiger partial charge in [0.05, 0.1) is 5.60 Å². The number of rotatable bonds is 1. The van der Waals surface area contributed by atoms with Crippen LogP contribution >= 0.6 is 0 Å². The van der Waals surface area contributed by atoms with Crippen molar-refractivity contribution < 1.29 is 14.7 Å². The van der Waals surface area contributed by atoms with Crippen LogP contribution in [0, 0.1) is 34.5 Å². The lowest BCUT2D eigenvalue weighted by molar-refractivity contribution is -0.168. The Kier molecular flexibility index (Phi) is 3.69. The second-order valence-corrected chi connectivity index (χ2v) is 9.93. The van der Waals surface area contributed by atoms with Gasteiger partial charge in [0, 0.05) is 24.2 Å². The third kappa shape index (κ3) is 2.08. The van der Waals surface area contributed by atoms with E-state index in [2.05, 4.69) is 26.8 Å². The minimum Gasteiger partial charge on any atom is -0.388 e. The molecule has 0 heterocycles. The van der Waals surface area contributed by atoms with Gasteiger partial charge in [0.15, 0.2) is 0 Å². The fraction of sp³-hybridized carbons (Fsp3) is 0.818. The zero-order valence-electron chi connectivity index (χ0n) is 16.1.